The third kappa shape index (κ3) is 4.02. The molecule has 5 nitrogen and oxygen atoms in total. The number of rotatable bonds is 6. The lowest BCUT2D eigenvalue weighted by molar-refractivity contribution is 0.0859. The quantitative estimate of drug-likeness (QED) is 0.646. The van der Waals surface area contributed by atoms with Crippen LogP contribution < -0.4 is 0 Å². The summed E-state index contributed by atoms with van der Waals surface area (Å²) in [6.07, 6.45) is 6.56. The van der Waals surface area contributed by atoms with Crippen molar-refractivity contribution in [3.8, 4) is 5.75 Å². The molecular weight excluding hydrogens is 296 g/mol. The Balaban J connectivity index is 2.19. The van der Waals surface area contributed by atoms with Crippen LogP contribution in [-0.4, -0.2) is 38.3 Å². The third-order valence-corrected chi connectivity index (χ3v) is 3.65. The summed E-state index contributed by atoms with van der Waals surface area (Å²) in [6.45, 7) is 0. The molecule has 0 saturated heterocycles. The van der Waals surface area contributed by atoms with Gasteiger partial charge in [0, 0.05) is 18.7 Å². The largest absolute Gasteiger partial charge is 0.508 e. The van der Waals surface area contributed by atoms with Crippen LogP contribution in [0.25, 0.3) is 0 Å². The average molecular weight is 316 g/mol. The molecule has 0 saturated carbocycles. The van der Waals surface area contributed by atoms with Gasteiger partial charge in [-0.15, -0.1) is 0 Å². The zero-order valence-electron chi connectivity index (χ0n) is 13.4. The Morgan fingerprint density at radius 1 is 1.13 bits per heavy atom. The average Bonchev–Trinajstić information content (AvgIpc) is 2.59. The van der Waals surface area contributed by atoms with Crippen LogP contribution in [0.5, 0.6) is 5.75 Å². The van der Waals surface area contributed by atoms with Gasteiger partial charge in [0.1, 0.15) is 17.3 Å². The number of ketones is 1. The lowest BCUT2D eigenvalue weighted by Gasteiger charge is -2.26. The van der Waals surface area contributed by atoms with E-state index in [4.69, 9.17) is 14.2 Å². The molecular formula is C18H20O5. The van der Waals surface area contributed by atoms with E-state index < -0.39 is 0 Å². The number of phenolic OH excluding ortho intramolecular Hbond substituents is 1. The predicted molar refractivity (Wildman–Crippen MR) is 86.0 cm³/mol. The zero-order valence-corrected chi connectivity index (χ0v) is 13.4. The van der Waals surface area contributed by atoms with Crippen LogP contribution in [0.1, 0.15) is 10.4 Å². The minimum Gasteiger partial charge on any atom is -0.508 e. The van der Waals surface area contributed by atoms with Crippen molar-refractivity contribution < 1.29 is 24.1 Å². The molecule has 23 heavy (non-hydrogen) atoms. The van der Waals surface area contributed by atoms with Gasteiger partial charge in [0.15, 0.2) is 5.78 Å². The summed E-state index contributed by atoms with van der Waals surface area (Å²) in [5.74, 6) is 1.06. The van der Waals surface area contributed by atoms with Gasteiger partial charge in [-0.05, 0) is 36.4 Å². The fraction of sp³-hybridized carbons (Fsp3) is 0.278. The van der Waals surface area contributed by atoms with Crippen LogP contribution in [0.15, 0.2) is 60.1 Å². The van der Waals surface area contributed by atoms with E-state index in [0.29, 0.717) is 17.1 Å². The van der Waals surface area contributed by atoms with E-state index >= 15 is 0 Å². The van der Waals surface area contributed by atoms with E-state index in [9.17, 15) is 9.90 Å². The van der Waals surface area contributed by atoms with Crippen molar-refractivity contribution in [3.63, 3.8) is 0 Å². The Bertz CT molecular complexity index is 640. The molecule has 0 fully saturated rings. The Hall–Kier alpha value is -2.53. The first kappa shape index (κ1) is 16.8. The highest BCUT2D eigenvalue weighted by Crippen LogP contribution is 2.28. The van der Waals surface area contributed by atoms with E-state index in [1.54, 1.807) is 45.6 Å². The summed E-state index contributed by atoms with van der Waals surface area (Å²) in [4.78, 5) is 12.2. The summed E-state index contributed by atoms with van der Waals surface area (Å²) in [5.41, 5.74) is 0.500. The van der Waals surface area contributed by atoms with Gasteiger partial charge in [-0.25, -0.2) is 0 Å². The Kier molecular flexibility index (Phi) is 5.60. The van der Waals surface area contributed by atoms with Gasteiger partial charge in [-0.2, -0.15) is 0 Å². The van der Waals surface area contributed by atoms with E-state index in [2.05, 4.69) is 0 Å². The number of methoxy groups -OCH3 is 3. The molecule has 2 unspecified atom stereocenters. The van der Waals surface area contributed by atoms with Crippen LogP contribution in [0.2, 0.25) is 0 Å². The van der Waals surface area contributed by atoms with E-state index in [1.165, 1.54) is 18.2 Å². The molecule has 122 valence electrons. The summed E-state index contributed by atoms with van der Waals surface area (Å²) in [5, 5.41) is 9.27. The fourth-order valence-electron chi connectivity index (χ4n) is 2.37. The topological polar surface area (TPSA) is 65.0 Å². The van der Waals surface area contributed by atoms with Gasteiger partial charge in [0.2, 0.25) is 0 Å². The molecule has 0 aliphatic heterocycles. The monoisotopic (exact) mass is 316 g/mol. The molecule has 0 spiro atoms. The molecule has 2 rings (SSSR count). The number of hydrogen-bond acceptors (Lipinski definition) is 5. The summed E-state index contributed by atoms with van der Waals surface area (Å²) in [7, 11) is 4.74. The van der Waals surface area contributed by atoms with Crippen molar-refractivity contribution in [2.24, 2.45) is 5.92 Å². The molecule has 0 bridgehead atoms. The summed E-state index contributed by atoms with van der Waals surface area (Å²) < 4.78 is 16.1. The highest BCUT2D eigenvalue weighted by atomic mass is 16.5. The Labute approximate surface area is 135 Å². The summed E-state index contributed by atoms with van der Waals surface area (Å²) in [6, 6.07) is 6.11. The van der Waals surface area contributed by atoms with Crippen LogP contribution in [0.3, 0.4) is 0 Å². The van der Waals surface area contributed by atoms with Crippen LogP contribution in [0, 0.1) is 5.92 Å². The maximum Gasteiger partial charge on any atom is 0.185 e. The number of hydrogen-bond donors (Lipinski definition) is 1. The first-order valence-electron chi connectivity index (χ1n) is 7.14. The molecule has 1 aromatic carbocycles. The predicted octanol–water partition coefficient (Wildman–Crippen LogP) is 2.84. The van der Waals surface area contributed by atoms with Crippen molar-refractivity contribution in [3.05, 3.63) is 65.7 Å². The van der Waals surface area contributed by atoms with Crippen molar-refractivity contribution in [2.75, 3.05) is 21.3 Å². The third-order valence-electron chi connectivity index (χ3n) is 3.65. The van der Waals surface area contributed by atoms with Gasteiger partial charge in [-0.3, -0.25) is 4.79 Å². The lowest BCUT2D eigenvalue weighted by atomic mass is 9.93. The normalized spacial score (nSPS) is 20.8. The van der Waals surface area contributed by atoms with Gasteiger partial charge in [0.05, 0.1) is 26.2 Å². The fourth-order valence-corrected chi connectivity index (χ4v) is 2.37. The molecule has 0 radical (unpaired) electrons. The second kappa shape index (κ2) is 7.65. The number of phenols is 1. The lowest BCUT2D eigenvalue weighted by Crippen LogP contribution is -2.25. The van der Waals surface area contributed by atoms with Crippen molar-refractivity contribution in [1.29, 1.82) is 0 Å². The van der Waals surface area contributed by atoms with Gasteiger partial charge >= 0.3 is 0 Å². The van der Waals surface area contributed by atoms with E-state index in [-0.39, 0.29) is 23.6 Å². The van der Waals surface area contributed by atoms with Gasteiger partial charge in [0.25, 0.3) is 0 Å². The van der Waals surface area contributed by atoms with Crippen molar-refractivity contribution in [2.45, 2.75) is 6.10 Å². The zero-order chi connectivity index (χ0) is 16.8. The minimum absolute atomic E-state index is 0.124. The number of aromatic hydroxyl groups is 1. The second-order valence-electron chi connectivity index (χ2n) is 5.02. The van der Waals surface area contributed by atoms with Crippen LogP contribution >= 0.6 is 0 Å². The number of allylic oxidation sites excluding steroid dienone is 2. The standard InChI is InChI=1S/C18H20O5/c1-21-14-10-17(22-2)15(18(11-14)23-3)8-9-16(20)12-4-6-13(19)7-5-12/h4-11,15,17,19H,1-3H3. The first-order valence-corrected chi connectivity index (χ1v) is 7.14. The molecule has 2 atom stereocenters. The smallest absolute Gasteiger partial charge is 0.185 e. The van der Waals surface area contributed by atoms with E-state index in [1.807, 2.05) is 6.08 Å². The molecule has 1 aliphatic rings. The van der Waals surface area contributed by atoms with Crippen LogP contribution in [-0.2, 0) is 14.2 Å². The molecule has 0 heterocycles. The number of ether oxygens (including phenoxy) is 3. The highest BCUT2D eigenvalue weighted by molar-refractivity contribution is 6.04. The minimum atomic E-state index is -0.284. The highest BCUT2D eigenvalue weighted by Gasteiger charge is 2.27. The van der Waals surface area contributed by atoms with E-state index in [0.717, 1.165) is 0 Å². The number of carbonyl (C=O) groups excluding carboxylic acids is 1. The molecule has 5 heteroatoms. The molecule has 1 N–H and O–H groups in total. The molecule has 1 aliphatic carbocycles. The first-order chi connectivity index (χ1) is 11.1. The maximum absolute atomic E-state index is 12.2. The van der Waals surface area contributed by atoms with Gasteiger partial charge in [-0.1, -0.05) is 6.08 Å². The van der Waals surface area contributed by atoms with Gasteiger partial charge < -0.3 is 19.3 Å². The molecule has 1 aromatic rings. The number of carbonyl (C=O) groups is 1. The Morgan fingerprint density at radius 2 is 1.83 bits per heavy atom. The van der Waals surface area contributed by atoms with Crippen LogP contribution in [0.4, 0.5) is 0 Å². The number of benzene rings is 1. The second-order valence-corrected chi connectivity index (χ2v) is 5.02. The Morgan fingerprint density at radius 3 is 2.39 bits per heavy atom. The maximum atomic E-state index is 12.2. The molecule has 0 aromatic heterocycles. The molecule has 0 amide bonds. The summed E-state index contributed by atoms with van der Waals surface area (Å²) >= 11 is 0. The van der Waals surface area contributed by atoms with Crippen molar-refractivity contribution >= 4 is 5.78 Å². The SMILES string of the molecule is COC1=CC(OC)C(C=CC(=O)c2ccc(O)cc2)C(OC)=C1. The van der Waals surface area contributed by atoms with Crippen molar-refractivity contribution in [1.82, 2.24) is 0 Å².